The fourth-order valence-electron chi connectivity index (χ4n) is 1.81. The highest BCUT2D eigenvalue weighted by atomic mass is 35.5. The van der Waals surface area contributed by atoms with E-state index in [0.717, 1.165) is 5.56 Å². The molecule has 0 atom stereocenters. The van der Waals surface area contributed by atoms with E-state index in [9.17, 15) is 4.39 Å². The lowest BCUT2D eigenvalue weighted by Crippen LogP contribution is -2.35. The van der Waals surface area contributed by atoms with Crippen LogP contribution in [0.3, 0.4) is 0 Å². The van der Waals surface area contributed by atoms with Gasteiger partial charge in [0.2, 0.25) is 0 Å². The van der Waals surface area contributed by atoms with Crippen molar-refractivity contribution in [3.8, 4) is 0 Å². The number of nitrogens with zero attached hydrogens (tertiary/aromatic N) is 1. The number of alkyl halides is 1. The van der Waals surface area contributed by atoms with Crippen LogP contribution in [0, 0.1) is 5.82 Å². The Morgan fingerprint density at radius 3 is 2.65 bits per heavy atom. The molecule has 0 fully saturated rings. The highest BCUT2D eigenvalue weighted by Crippen LogP contribution is 2.27. The van der Waals surface area contributed by atoms with Crippen molar-refractivity contribution >= 4 is 17.3 Å². The fraction of sp³-hybridized carbons (Fsp3) is 0.538. The number of hydrogen-bond donors (Lipinski definition) is 0. The summed E-state index contributed by atoms with van der Waals surface area (Å²) in [5.41, 5.74) is 1.41. The Labute approximate surface area is 107 Å². The van der Waals surface area contributed by atoms with Gasteiger partial charge < -0.3 is 9.64 Å². The van der Waals surface area contributed by atoms with Crippen molar-refractivity contribution in [1.29, 1.82) is 0 Å². The summed E-state index contributed by atoms with van der Waals surface area (Å²) in [7, 11) is 1.64. The largest absolute Gasteiger partial charge is 0.383 e. The SMILES string of the molecule is COCCN(c1c(F)cccc1CCl)C(C)C. The zero-order chi connectivity index (χ0) is 12.8. The van der Waals surface area contributed by atoms with Crippen molar-refractivity contribution in [3.63, 3.8) is 0 Å². The van der Waals surface area contributed by atoms with E-state index in [-0.39, 0.29) is 11.9 Å². The minimum absolute atomic E-state index is 0.198. The number of rotatable bonds is 6. The van der Waals surface area contributed by atoms with E-state index >= 15 is 0 Å². The van der Waals surface area contributed by atoms with Gasteiger partial charge in [-0.3, -0.25) is 0 Å². The molecule has 2 nitrogen and oxygen atoms in total. The van der Waals surface area contributed by atoms with Crippen molar-refractivity contribution in [2.24, 2.45) is 0 Å². The molecule has 0 saturated carbocycles. The average Bonchev–Trinajstić information content (AvgIpc) is 2.30. The Kier molecular flexibility index (Phi) is 5.72. The van der Waals surface area contributed by atoms with Crippen LogP contribution in [0.5, 0.6) is 0 Å². The molecule has 4 heteroatoms. The molecule has 96 valence electrons. The van der Waals surface area contributed by atoms with Gasteiger partial charge >= 0.3 is 0 Å². The molecule has 0 aliphatic rings. The second kappa shape index (κ2) is 6.82. The summed E-state index contributed by atoms with van der Waals surface area (Å²) in [6.45, 7) is 5.27. The highest BCUT2D eigenvalue weighted by Gasteiger charge is 2.17. The summed E-state index contributed by atoms with van der Waals surface area (Å²) >= 11 is 5.86. The van der Waals surface area contributed by atoms with Crippen molar-refractivity contribution in [3.05, 3.63) is 29.6 Å². The third kappa shape index (κ3) is 3.58. The van der Waals surface area contributed by atoms with Crippen molar-refractivity contribution in [1.82, 2.24) is 0 Å². The van der Waals surface area contributed by atoms with Gasteiger partial charge in [0.1, 0.15) is 5.82 Å². The van der Waals surface area contributed by atoms with E-state index in [4.69, 9.17) is 16.3 Å². The molecular formula is C13H19ClFNO. The maximum atomic E-state index is 13.9. The number of hydrogen-bond acceptors (Lipinski definition) is 2. The van der Waals surface area contributed by atoms with Crippen LogP contribution < -0.4 is 4.90 Å². The third-order valence-electron chi connectivity index (χ3n) is 2.66. The maximum Gasteiger partial charge on any atom is 0.146 e. The highest BCUT2D eigenvalue weighted by molar-refractivity contribution is 6.17. The molecule has 0 radical (unpaired) electrons. The van der Waals surface area contributed by atoms with E-state index in [0.29, 0.717) is 24.7 Å². The smallest absolute Gasteiger partial charge is 0.146 e. The topological polar surface area (TPSA) is 12.5 Å². The van der Waals surface area contributed by atoms with Crippen LogP contribution in [0.2, 0.25) is 0 Å². The molecule has 1 rings (SSSR count). The monoisotopic (exact) mass is 259 g/mol. The van der Waals surface area contributed by atoms with Gasteiger partial charge in [-0.15, -0.1) is 11.6 Å². The Hall–Kier alpha value is -0.800. The van der Waals surface area contributed by atoms with Crippen LogP contribution >= 0.6 is 11.6 Å². The molecule has 0 unspecified atom stereocenters. The summed E-state index contributed by atoms with van der Waals surface area (Å²) in [5.74, 6) is 0.0801. The molecule has 0 N–H and O–H groups in total. The van der Waals surface area contributed by atoms with Gasteiger partial charge in [-0.1, -0.05) is 12.1 Å². The predicted molar refractivity (Wildman–Crippen MR) is 70.3 cm³/mol. The number of para-hydroxylation sites is 1. The molecule has 0 aliphatic heterocycles. The van der Waals surface area contributed by atoms with Gasteiger partial charge in [-0.2, -0.15) is 0 Å². The van der Waals surface area contributed by atoms with Crippen LogP contribution in [0.15, 0.2) is 18.2 Å². The van der Waals surface area contributed by atoms with Crippen LogP contribution in [0.1, 0.15) is 19.4 Å². The first-order valence-electron chi connectivity index (χ1n) is 5.70. The van der Waals surface area contributed by atoms with Gasteiger partial charge in [0.25, 0.3) is 0 Å². The van der Waals surface area contributed by atoms with Gasteiger partial charge in [0.15, 0.2) is 0 Å². The van der Waals surface area contributed by atoms with Crippen LogP contribution in [-0.2, 0) is 10.6 Å². The minimum atomic E-state index is -0.229. The Balaban J connectivity index is 3.07. The lowest BCUT2D eigenvalue weighted by atomic mass is 10.1. The molecule has 0 aliphatic carbocycles. The fourth-order valence-corrected chi connectivity index (χ4v) is 2.02. The maximum absolute atomic E-state index is 13.9. The van der Waals surface area contributed by atoms with E-state index in [1.54, 1.807) is 13.2 Å². The second-order valence-corrected chi connectivity index (χ2v) is 4.43. The average molecular weight is 260 g/mol. The molecule has 0 aromatic heterocycles. The first kappa shape index (κ1) is 14.3. The van der Waals surface area contributed by atoms with E-state index in [1.165, 1.54) is 6.07 Å². The predicted octanol–water partition coefficient (Wildman–Crippen LogP) is 3.43. The Bertz CT molecular complexity index is 357. The van der Waals surface area contributed by atoms with E-state index < -0.39 is 0 Å². The normalized spacial score (nSPS) is 10.9. The minimum Gasteiger partial charge on any atom is -0.383 e. The van der Waals surface area contributed by atoms with Crippen LogP contribution in [0.25, 0.3) is 0 Å². The molecule has 0 spiro atoms. The van der Waals surface area contributed by atoms with E-state index in [2.05, 4.69) is 0 Å². The van der Waals surface area contributed by atoms with Crippen LogP contribution in [-0.4, -0.2) is 26.3 Å². The first-order valence-corrected chi connectivity index (χ1v) is 6.24. The molecule has 1 aromatic rings. The quantitative estimate of drug-likeness (QED) is 0.726. The molecule has 1 aromatic carbocycles. The van der Waals surface area contributed by atoms with Crippen molar-refractivity contribution in [2.45, 2.75) is 25.8 Å². The summed E-state index contributed by atoms with van der Waals surface area (Å²) in [6, 6.07) is 5.20. The summed E-state index contributed by atoms with van der Waals surface area (Å²) in [6.07, 6.45) is 0. The van der Waals surface area contributed by atoms with Gasteiger partial charge in [0.05, 0.1) is 12.3 Å². The van der Waals surface area contributed by atoms with Gasteiger partial charge in [-0.25, -0.2) is 4.39 Å². The van der Waals surface area contributed by atoms with E-state index in [1.807, 2.05) is 24.8 Å². The number of halogens is 2. The van der Waals surface area contributed by atoms with Crippen LogP contribution in [0.4, 0.5) is 10.1 Å². The molecule has 0 amide bonds. The molecule has 0 bridgehead atoms. The summed E-state index contributed by atoms with van der Waals surface area (Å²) < 4.78 is 19.0. The number of benzene rings is 1. The second-order valence-electron chi connectivity index (χ2n) is 4.16. The molecular weight excluding hydrogens is 241 g/mol. The Morgan fingerprint density at radius 1 is 1.41 bits per heavy atom. The molecule has 0 heterocycles. The molecule has 17 heavy (non-hydrogen) atoms. The number of anilines is 1. The standard InChI is InChI=1S/C13H19ClFNO/c1-10(2)16(7-8-17-3)13-11(9-14)5-4-6-12(13)15/h4-6,10H,7-9H2,1-3H3. The van der Waals surface area contributed by atoms with Gasteiger partial charge in [-0.05, 0) is 25.5 Å². The summed E-state index contributed by atoms with van der Waals surface area (Å²) in [4.78, 5) is 1.98. The van der Waals surface area contributed by atoms with Crippen molar-refractivity contribution in [2.75, 3.05) is 25.2 Å². The third-order valence-corrected chi connectivity index (χ3v) is 2.95. The zero-order valence-corrected chi connectivity index (χ0v) is 11.3. The lowest BCUT2D eigenvalue weighted by Gasteiger charge is -2.30. The number of methoxy groups -OCH3 is 1. The first-order chi connectivity index (χ1) is 8.11. The Morgan fingerprint density at radius 2 is 2.12 bits per heavy atom. The number of ether oxygens (including phenoxy) is 1. The van der Waals surface area contributed by atoms with Crippen molar-refractivity contribution < 1.29 is 9.13 Å². The summed E-state index contributed by atoms with van der Waals surface area (Å²) in [5, 5.41) is 0. The van der Waals surface area contributed by atoms with Gasteiger partial charge in [0, 0.05) is 25.6 Å². The zero-order valence-electron chi connectivity index (χ0n) is 10.5. The lowest BCUT2D eigenvalue weighted by molar-refractivity contribution is 0.203. The molecule has 0 saturated heterocycles.